The number of para-hydroxylation sites is 2. The number of hydrogen-bond donors (Lipinski definition) is 1. The summed E-state index contributed by atoms with van der Waals surface area (Å²) in [7, 11) is 0. The average Bonchev–Trinajstić information content (AvgIpc) is 3.27. The Morgan fingerprint density at radius 3 is 2.46 bits per heavy atom. The highest BCUT2D eigenvalue weighted by Crippen LogP contribution is 2.41. The van der Waals surface area contributed by atoms with E-state index in [1.165, 1.54) is 5.01 Å². The summed E-state index contributed by atoms with van der Waals surface area (Å²) in [4.78, 5) is 31.9. The zero-order chi connectivity index (χ0) is 24.0. The molecule has 1 unspecified atom stereocenters. The van der Waals surface area contributed by atoms with Crippen molar-refractivity contribution in [2.45, 2.75) is 18.9 Å². The molecule has 6 rings (SSSR count). The maximum atomic E-state index is 13.7. The van der Waals surface area contributed by atoms with Gasteiger partial charge in [-0.05, 0) is 66.9 Å². The normalized spacial score (nSPS) is 19.8. The second-order valence-corrected chi connectivity index (χ2v) is 8.98. The minimum Gasteiger partial charge on any atom is -0.457 e. The van der Waals surface area contributed by atoms with Crippen LogP contribution >= 0.6 is 0 Å². The molecule has 35 heavy (non-hydrogen) atoms. The van der Waals surface area contributed by atoms with E-state index in [1.54, 1.807) is 11.1 Å². The van der Waals surface area contributed by atoms with Crippen molar-refractivity contribution in [3.05, 3.63) is 95.7 Å². The van der Waals surface area contributed by atoms with Crippen molar-refractivity contribution in [3.8, 4) is 11.5 Å². The number of ether oxygens (including phenoxy) is 1. The van der Waals surface area contributed by atoms with Crippen LogP contribution in [0.3, 0.4) is 0 Å². The van der Waals surface area contributed by atoms with E-state index in [0.717, 1.165) is 33.5 Å². The van der Waals surface area contributed by atoms with Crippen molar-refractivity contribution in [2.75, 3.05) is 13.1 Å². The second-order valence-electron chi connectivity index (χ2n) is 8.98. The number of carbonyl (C=O) groups excluding carboxylic acids is 2. The summed E-state index contributed by atoms with van der Waals surface area (Å²) >= 11 is 0. The monoisotopic (exact) mass is 464 g/mol. The molecule has 2 aliphatic heterocycles. The predicted molar refractivity (Wildman–Crippen MR) is 133 cm³/mol. The highest BCUT2D eigenvalue weighted by molar-refractivity contribution is 6.01. The van der Waals surface area contributed by atoms with E-state index in [9.17, 15) is 9.59 Å². The molecule has 7 nitrogen and oxygen atoms in total. The molecule has 0 aliphatic carbocycles. The van der Waals surface area contributed by atoms with Crippen molar-refractivity contribution in [3.63, 3.8) is 0 Å². The SMILES string of the molecule is CC12C(=O)N(N=Cc3ccc(Oc4ccccc4)cc3)CC(=O)N1CCc1c2[nH]c2ccccc12. The fraction of sp³-hybridized carbons (Fsp3) is 0.179. The topological polar surface area (TPSA) is 78.0 Å². The third-order valence-corrected chi connectivity index (χ3v) is 6.87. The summed E-state index contributed by atoms with van der Waals surface area (Å²) < 4.78 is 5.83. The van der Waals surface area contributed by atoms with Crippen LogP contribution in [0.25, 0.3) is 10.9 Å². The Hall–Kier alpha value is -4.39. The fourth-order valence-corrected chi connectivity index (χ4v) is 5.07. The van der Waals surface area contributed by atoms with E-state index in [-0.39, 0.29) is 18.4 Å². The van der Waals surface area contributed by atoms with Gasteiger partial charge in [-0.25, -0.2) is 5.01 Å². The molecule has 0 bridgehead atoms. The number of H-pyrrole nitrogens is 1. The van der Waals surface area contributed by atoms with Crippen LogP contribution in [0.2, 0.25) is 0 Å². The molecule has 2 aliphatic rings. The number of carbonyl (C=O) groups is 2. The van der Waals surface area contributed by atoms with Gasteiger partial charge in [0.15, 0.2) is 5.54 Å². The van der Waals surface area contributed by atoms with Gasteiger partial charge >= 0.3 is 0 Å². The van der Waals surface area contributed by atoms with Crippen LogP contribution < -0.4 is 4.74 Å². The number of nitrogens with zero attached hydrogens (tertiary/aromatic N) is 3. The van der Waals surface area contributed by atoms with E-state index in [1.807, 2.05) is 79.7 Å². The van der Waals surface area contributed by atoms with Gasteiger partial charge < -0.3 is 14.6 Å². The van der Waals surface area contributed by atoms with Crippen molar-refractivity contribution in [1.29, 1.82) is 0 Å². The third kappa shape index (κ3) is 3.47. The number of aromatic nitrogens is 1. The molecule has 3 aromatic carbocycles. The van der Waals surface area contributed by atoms with Crippen LogP contribution in [0, 0.1) is 0 Å². The van der Waals surface area contributed by atoms with Crippen molar-refractivity contribution >= 4 is 28.9 Å². The molecule has 1 N–H and O–H groups in total. The molecule has 4 aromatic rings. The number of aromatic amines is 1. The Bertz CT molecular complexity index is 1460. The first-order valence-electron chi connectivity index (χ1n) is 11.6. The molecule has 1 fully saturated rings. The van der Waals surface area contributed by atoms with Crippen LogP contribution in [-0.2, 0) is 21.5 Å². The molecule has 2 amide bonds. The average molecular weight is 465 g/mol. The van der Waals surface area contributed by atoms with E-state index in [0.29, 0.717) is 18.7 Å². The number of amides is 2. The molecule has 0 saturated carbocycles. The van der Waals surface area contributed by atoms with Gasteiger partial charge in [-0.3, -0.25) is 9.59 Å². The molecule has 1 atom stereocenters. The molecular weight excluding hydrogens is 440 g/mol. The lowest BCUT2D eigenvalue weighted by Crippen LogP contribution is -2.65. The zero-order valence-corrected chi connectivity index (χ0v) is 19.3. The highest BCUT2D eigenvalue weighted by Gasteiger charge is 2.54. The minimum absolute atomic E-state index is 0.0737. The molecule has 174 valence electrons. The predicted octanol–water partition coefficient (Wildman–Crippen LogP) is 4.44. The summed E-state index contributed by atoms with van der Waals surface area (Å²) in [6, 6.07) is 25.0. The maximum Gasteiger partial charge on any atom is 0.275 e. The van der Waals surface area contributed by atoms with Crippen LogP contribution in [0.4, 0.5) is 0 Å². The maximum absolute atomic E-state index is 13.7. The smallest absolute Gasteiger partial charge is 0.275 e. The van der Waals surface area contributed by atoms with Gasteiger partial charge in [0.1, 0.15) is 18.0 Å². The summed E-state index contributed by atoms with van der Waals surface area (Å²) in [5.74, 6) is 1.13. The number of nitrogens with one attached hydrogen (secondary N) is 1. The summed E-state index contributed by atoms with van der Waals surface area (Å²) in [5, 5.41) is 6.80. The largest absolute Gasteiger partial charge is 0.457 e. The first-order chi connectivity index (χ1) is 17.0. The number of benzene rings is 3. The second kappa shape index (κ2) is 8.13. The van der Waals surface area contributed by atoms with E-state index < -0.39 is 5.54 Å². The van der Waals surface area contributed by atoms with Crippen LogP contribution in [0.1, 0.15) is 23.7 Å². The summed E-state index contributed by atoms with van der Waals surface area (Å²) in [6.45, 7) is 2.25. The molecule has 3 heterocycles. The summed E-state index contributed by atoms with van der Waals surface area (Å²) in [5.41, 5.74) is 2.53. The number of hydrazone groups is 1. The van der Waals surface area contributed by atoms with Crippen LogP contribution in [-0.4, -0.2) is 46.0 Å². The Kier molecular flexibility index (Phi) is 4.91. The Balaban J connectivity index is 1.26. The van der Waals surface area contributed by atoms with E-state index in [2.05, 4.69) is 16.2 Å². The molecular formula is C28H24N4O3. The first-order valence-corrected chi connectivity index (χ1v) is 11.6. The van der Waals surface area contributed by atoms with E-state index >= 15 is 0 Å². The molecule has 7 heteroatoms. The lowest BCUT2D eigenvalue weighted by atomic mass is 9.83. The lowest BCUT2D eigenvalue weighted by molar-refractivity contribution is -0.165. The first kappa shape index (κ1) is 21.2. The van der Waals surface area contributed by atoms with Gasteiger partial charge in [0.2, 0.25) is 5.91 Å². The number of piperazine rings is 1. The van der Waals surface area contributed by atoms with Gasteiger partial charge in [-0.15, -0.1) is 0 Å². The fourth-order valence-electron chi connectivity index (χ4n) is 5.07. The highest BCUT2D eigenvalue weighted by atomic mass is 16.5. The molecule has 0 spiro atoms. The number of rotatable bonds is 4. The van der Waals surface area contributed by atoms with Crippen LogP contribution in [0.5, 0.6) is 11.5 Å². The Labute approximate surface area is 202 Å². The molecule has 1 saturated heterocycles. The molecule has 1 aromatic heterocycles. The Morgan fingerprint density at radius 1 is 0.943 bits per heavy atom. The summed E-state index contributed by atoms with van der Waals surface area (Å²) in [6.07, 6.45) is 2.32. The minimum atomic E-state index is -1.12. The van der Waals surface area contributed by atoms with Crippen LogP contribution in [0.15, 0.2) is 84.0 Å². The third-order valence-electron chi connectivity index (χ3n) is 6.87. The molecule has 0 radical (unpaired) electrons. The van der Waals surface area contributed by atoms with Gasteiger partial charge in [-0.2, -0.15) is 5.10 Å². The zero-order valence-electron chi connectivity index (χ0n) is 19.3. The van der Waals surface area contributed by atoms with Gasteiger partial charge in [0.05, 0.1) is 11.9 Å². The lowest BCUT2D eigenvalue weighted by Gasteiger charge is -2.48. The Morgan fingerprint density at radius 2 is 1.66 bits per heavy atom. The van der Waals surface area contributed by atoms with Gasteiger partial charge in [-0.1, -0.05) is 36.4 Å². The van der Waals surface area contributed by atoms with Crippen molar-refractivity contribution in [2.24, 2.45) is 5.10 Å². The van der Waals surface area contributed by atoms with Gasteiger partial charge in [0, 0.05) is 17.4 Å². The van der Waals surface area contributed by atoms with Gasteiger partial charge in [0.25, 0.3) is 5.91 Å². The standard InChI is InChI=1S/C28H24N4O3/c1-28-26-23(22-9-5-6-10-24(22)30-26)15-16-31(28)25(33)18-32(27(28)34)29-17-19-11-13-21(14-12-19)35-20-7-3-2-4-8-20/h2-14,17,30H,15-16,18H2,1H3. The van der Waals surface area contributed by atoms with E-state index in [4.69, 9.17) is 4.74 Å². The van der Waals surface area contributed by atoms with Crippen molar-refractivity contribution < 1.29 is 14.3 Å². The number of hydrogen-bond acceptors (Lipinski definition) is 4. The number of fused-ring (bicyclic) bond motifs is 5. The van der Waals surface area contributed by atoms with Crippen molar-refractivity contribution in [1.82, 2.24) is 14.9 Å². The quantitative estimate of drug-likeness (QED) is 0.454.